The zero-order chi connectivity index (χ0) is 21.1. The summed E-state index contributed by atoms with van der Waals surface area (Å²) < 4.78 is 11.6. The predicted molar refractivity (Wildman–Crippen MR) is 110 cm³/mol. The number of rotatable bonds is 4. The number of methoxy groups -OCH3 is 2. The molecule has 1 amide bonds. The van der Waals surface area contributed by atoms with Crippen LogP contribution < -0.4 is 4.80 Å². The van der Waals surface area contributed by atoms with E-state index in [0.717, 1.165) is 11.3 Å². The molecule has 2 aromatic carbocycles. The smallest absolute Gasteiger partial charge is 0.337 e. The van der Waals surface area contributed by atoms with Gasteiger partial charge in [0.05, 0.1) is 40.6 Å². The number of fused-ring (bicyclic) bond motifs is 1. The first-order valence-electron chi connectivity index (χ1n) is 8.16. The van der Waals surface area contributed by atoms with Crippen LogP contribution in [-0.4, -0.2) is 36.6 Å². The van der Waals surface area contributed by atoms with Gasteiger partial charge in [0.25, 0.3) is 5.91 Å². The Labute approximate surface area is 179 Å². The van der Waals surface area contributed by atoms with Gasteiger partial charge in [-0.1, -0.05) is 34.5 Å². The van der Waals surface area contributed by atoms with Gasteiger partial charge in [0.15, 0.2) is 4.80 Å². The van der Waals surface area contributed by atoms with E-state index in [9.17, 15) is 14.4 Å². The summed E-state index contributed by atoms with van der Waals surface area (Å²) in [4.78, 5) is 40.7. The Bertz CT molecular complexity index is 1200. The van der Waals surface area contributed by atoms with Crippen molar-refractivity contribution in [1.82, 2.24) is 4.57 Å². The molecule has 3 aromatic rings. The number of nitrogens with zero attached hydrogens (tertiary/aromatic N) is 2. The number of esters is 2. The van der Waals surface area contributed by atoms with Crippen LogP contribution in [0.1, 0.15) is 20.7 Å². The summed E-state index contributed by atoms with van der Waals surface area (Å²) in [5.74, 6) is -1.60. The summed E-state index contributed by atoms with van der Waals surface area (Å²) in [6, 6.07) is 9.28. The molecule has 29 heavy (non-hydrogen) atoms. The second-order valence-electron chi connectivity index (χ2n) is 5.76. The SMILES string of the molecule is COC(=O)Cn1c(=NC(=O)c2ccc(Cl)cc2Cl)sc2cc(C(=O)OC)ccc21. The van der Waals surface area contributed by atoms with E-state index in [1.807, 2.05) is 0 Å². The Morgan fingerprint density at radius 1 is 1.07 bits per heavy atom. The minimum Gasteiger partial charge on any atom is -0.468 e. The Hall–Kier alpha value is -2.68. The number of halogens is 2. The van der Waals surface area contributed by atoms with Crippen molar-refractivity contribution < 1.29 is 23.9 Å². The number of amides is 1. The summed E-state index contributed by atoms with van der Waals surface area (Å²) in [6.45, 7) is -0.158. The number of carbonyl (C=O) groups excluding carboxylic acids is 3. The van der Waals surface area contributed by atoms with Gasteiger partial charge in [0.1, 0.15) is 6.54 Å². The van der Waals surface area contributed by atoms with Gasteiger partial charge in [0, 0.05) is 5.02 Å². The number of thiazole rings is 1. The van der Waals surface area contributed by atoms with Gasteiger partial charge in [-0.15, -0.1) is 0 Å². The fraction of sp³-hybridized carbons (Fsp3) is 0.158. The van der Waals surface area contributed by atoms with Crippen molar-refractivity contribution in [2.75, 3.05) is 14.2 Å². The first-order valence-corrected chi connectivity index (χ1v) is 9.74. The third-order valence-corrected chi connectivity index (χ3v) is 5.57. The molecule has 0 spiro atoms. The molecule has 0 saturated carbocycles. The van der Waals surface area contributed by atoms with Crippen molar-refractivity contribution in [2.24, 2.45) is 4.99 Å². The van der Waals surface area contributed by atoms with Crippen LogP contribution in [0.4, 0.5) is 0 Å². The van der Waals surface area contributed by atoms with Crippen molar-refractivity contribution in [1.29, 1.82) is 0 Å². The normalized spacial score (nSPS) is 11.5. The lowest BCUT2D eigenvalue weighted by Crippen LogP contribution is -2.22. The Kier molecular flexibility index (Phi) is 6.36. The number of ether oxygens (including phenoxy) is 2. The summed E-state index contributed by atoms with van der Waals surface area (Å²) in [5.41, 5.74) is 1.13. The Morgan fingerprint density at radius 2 is 1.83 bits per heavy atom. The fourth-order valence-electron chi connectivity index (χ4n) is 2.56. The molecule has 150 valence electrons. The van der Waals surface area contributed by atoms with E-state index in [2.05, 4.69) is 4.99 Å². The lowest BCUT2D eigenvalue weighted by Gasteiger charge is -2.04. The van der Waals surface area contributed by atoms with Crippen LogP contribution in [0, 0.1) is 0 Å². The Balaban J connectivity index is 2.17. The molecule has 0 atom stereocenters. The molecule has 0 fully saturated rings. The number of aromatic nitrogens is 1. The minimum absolute atomic E-state index is 0.158. The maximum atomic E-state index is 12.7. The van der Waals surface area contributed by atoms with Crippen LogP contribution in [0.5, 0.6) is 0 Å². The summed E-state index contributed by atoms with van der Waals surface area (Å²) in [7, 11) is 2.55. The largest absolute Gasteiger partial charge is 0.468 e. The van der Waals surface area contributed by atoms with Crippen molar-refractivity contribution in [3.05, 3.63) is 62.4 Å². The standard InChI is InChI=1S/C19H14Cl2N2O5S/c1-27-16(24)9-23-14-6-3-10(18(26)28-2)7-15(14)29-19(23)22-17(25)12-5-4-11(20)8-13(12)21/h3-8H,9H2,1-2H3. The van der Waals surface area contributed by atoms with Crippen LogP contribution in [0.15, 0.2) is 41.4 Å². The number of benzene rings is 2. The average Bonchev–Trinajstić information content (AvgIpc) is 3.03. The molecule has 1 aromatic heterocycles. The van der Waals surface area contributed by atoms with E-state index in [4.69, 9.17) is 32.7 Å². The molecule has 0 bridgehead atoms. The lowest BCUT2D eigenvalue weighted by molar-refractivity contribution is -0.141. The molecular weight excluding hydrogens is 439 g/mol. The van der Waals surface area contributed by atoms with Crippen molar-refractivity contribution in [2.45, 2.75) is 6.54 Å². The van der Waals surface area contributed by atoms with Gasteiger partial charge >= 0.3 is 11.9 Å². The van der Waals surface area contributed by atoms with Crippen LogP contribution in [0.2, 0.25) is 10.0 Å². The van der Waals surface area contributed by atoms with E-state index in [-0.39, 0.29) is 21.9 Å². The first-order chi connectivity index (χ1) is 13.8. The van der Waals surface area contributed by atoms with E-state index >= 15 is 0 Å². The third kappa shape index (κ3) is 4.50. The molecule has 1 heterocycles. The van der Waals surface area contributed by atoms with Gasteiger partial charge in [-0.3, -0.25) is 9.59 Å². The molecular formula is C19H14Cl2N2O5S. The number of hydrogen-bond donors (Lipinski definition) is 0. The highest BCUT2D eigenvalue weighted by atomic mass is 35.5. The van der Waals surface area contributed by atoms with E-state index < -0.39 is 17.8 Å². The van der Waals surface area contributed by atoms with Crippen LogP contribution in [0.25, 0.3) is 10.2 Å². The fourth-order valence-corrected chi connectivity index (χ4v) is 4.12. The number of carbonyl (C=O) groups is 3. The molecule has 0 aliphatic carbocycles. The summed E-state index contributed by atoms with van der Waals surface area (Å²) in [5, 5.41) is 0.560. The zero-order valence-corrected chi connectivity index (χ0v) is 17.6. The van der Waals surface area contributed by atoms with Crippen LogP contribution in [-0.2, 0) is 20.8 Å². The van der Waals surface area contributed by atoms with Gasteiger partial charge in [-0.25, -0.2) is 4.79 Å². The highest BCUT2D eigenvalue weighted by Gasteiger charge is 2.16. The van der Waals surface area contributed by atoms with Crippen LogP contribution in [0.3, 0.4) is 0 Å². The van der Waals surface area contributed by atoms with Crippen LogP contribution >= 0.6 is 34.5 Å². The van der Waals surface area contributed by atoms with Gasteiger partial charge in [0.2, 0.25) is 0 Å². The van der Waals surface area contributed by atoms with E-state index in [1.165, 1.54) is 37.0 Å². The molecule has 7 nitrogen and oxygen atoms in total. The van der Waals surface area contributed by atoms with Crippen molar-refractivity contribution >= 4 is 62.6 Å². The second kappa shape index (κ2) is 8.77. The lowest BCUT2D eigenvalue weighted by atomic mass is 10.2. The molecule has 3 rings (SSSR count). The molecule has 0 unspecified atom stereocenters. The zero-order valence-electron chi connectivity index (χ0n) is 15.3. The average molecular weight is 453 g/mol. The van der Waals surface area contributed by atoms with E-state index in [0.29, 0.717) is 20.8 Å². The first kappa shape index (κ1) is 21.0. The van der Waals surface area contributed by atoms with Gasteiger partial charge in [-0.2, -0.15) is 4.99 Å². The van der Waals surface area contributed by atoms with Gasteiger partial charge in [-0.05, 0) is 36.4 Å². The van der Waals surface area contributed by atoms with Crippen molar-refractivity contribution in [3.63, 3.8) is 0 Å². The molecule has 10 heteroatoms. The van der Waals surface area contributed by atoms with Crippen molar-refractivity contribution in [3.8, 4) is 0 Å². The highest BCUT2D eigenvalue weighted by Crippen LogP contribution is 2.23. The molecule has 0 saturated heterocycles. The molecule has 0 radical (unpaired) electrons. The highest BCUT2D eigenvalue weighted by molar-refractivity contribution is 7.16. The topological polar surface area (TPSA) is 87.0 Å². The predicted octanol–water partition coefficient (Wildman–Crippen LogP) is 3.71. The summed E-state index contributed by atoms with van der Waals surface area (Å²) in [6.07, 6.45) is 0. The maximum absolute atomic E-state index is 12.7. The van der Waals surface area contributed by atoms with E-state index in [1.54, 1.807) is 18.2 Å². The molecule has 0 N–H and O–H groups in total. The molecule has 0 aliphatic rings. The minimum atomic E-state index is -0.593. The number of hydrogen-bond acceptors (Lipinski definition) is 6. The summed E-state index contributed by atoms with van der Waals surface area (Å²) >= 11 is 13.1. The quantitative estimate of drug-likeness (QED) is 0.563. The monoisotopic (exact) mass is 452 g/mol. The second-order valence-corrected chi connectivity index (χ2v) is 7.61. The Morgan fingerprint density at radius 3 is 2.48 bits per heavy atom. The maximum Gasteiger partial charge on any atom is 0.337 e. The van der Waals surface area contributed by atoms with Gasteiger partial charge < -0.3 is 14.0 Å². The molecule has 0 aliphatic heterocycles. The third-order valence-electron chi connectivity index (χ3n) is 3.98.